The Morgan fingerprint density at radius 1 is 1.62 bits per heavy atom. The number of anilines is 2. The molecule has 1 atom stereocenters. The highest BCUT2D eigenvalue weighted by atomic mass is 79.9. The van der Waals surface area contributed by atoms with Crippen molar-refractivity contribution in [3.8, 4) is 0 Å². The van der Waals surface area contributed by atoms with Crippen molar-refractivity contribution in [2.45, 2.75) is 13.0 Å². The number of benzene rings is 1. The van der Waals surface area contributed by atoms with Crippen LogP contribution in [0.5, 0.6) is 0 Å². The molecule has 0 saturated heterocycles. The first-order valence-electron chi connectivity index (χ1n) is 5.04. The van der Waals surface area contributed by atoms with Crippen LogP contribution in [0.4, 0.5) is 16.2 Å². The highest BCUT2D eigenvalue weighted by Crippen LogP contribution is 2.34. The molecule has 0 saturated carbocycles. The third kappa shape index (κ3) is 1.87. The zero-order valence-electron chi connectivity index (χ0n) is 9.16. The molecular formula is C11H13BrN2O2. The number of amides is 1. The summed E-state index contributed by atoms with van der Waals surface area (Å²) in [5, 5.41) is 3.28. The molecule has 1 unspecified atom stereocenters. The van der Waals surface area contributed by atoms with Gasteiger partial charge in [-0.05, 0) is 25.1 Å². The van der Waals surface area contributed by atoms with Crippen molar-refractivity contribution in [3.63, 3.8) is 0 Å². The molecule has 5 heteroatoms. The molecule has 1 N–H and O–H groups in total. The summed E-state index contributed by atoms with van der Waals surface area (Å²) in [6.45, 7) is 2.70. The zero-order chi connectivity index (χ0) is 11.7. The van der Waals surface area contributed by atoms with Gasteiger partial charge in [0.05, 0.1) is 24.5 Å². The van der Waals surface area contributed by atoms with Crippen LogP contribution in [0.2, 0.25) is 0 Å². The number of rotatable bonds is 0. The van der Waals surface area contributed by atoms with Crippen LogP contribution in [0.25, 0.3) is 0 Å². The molecular weight excluding hydrogens is 272 g/mol. The first kappa shape index (κ1) is 11.3. The lowest BCUT2D eigenvalue weighted by molar-refractivity contribution is 0.176. The summed E-state index contributed by atoms with van der Waals surface area (Å²) in [6, 6.07) is 5.85. The highest BCUT2D eigenvalue weighted by Gasteiger charge is 2.28. The molecule has 86 valence electrons. The summed E-state index contributed by atoms with van der Waals surface area (Å²) in [7, 11) is 1.40. The van der Waals surface area contributed by atoms with E-state index in [-0.39, 0.29) is 12.1 Å². The molecule has 0 fully saturated rings. The molecule has 4 nitrogen and oxygen atoms in total. The van der Waals surface area contributed by atoms with Crippen LogP contribution < -0.4 is 10.2 Å². The largest absolute Gasteiger partial charge is 0.452 e. The van der Waals surface area contributed by atoms with Crippen molar-refractivity contribution in [2.24, 2.45) is 0 Å². The standard InChI is InChI=1S/C11H13BrN2O2/c1-7-6-13-9-5-8(12)3-4-10(9)14(7)11(15)16-2/h3-5,7,13H,6H2,1-2H3. The zero-order valence-corrected chi connectivity index (χ0v) is 10.7. The Kier molecular flexibility index (Phi) is 3.05. The lowest BCUT2D eigenvalue weighted by Gasteiger charge is -2.34. The van der Waals surface area contributed by atoms with E-state index in [1.807, 2.05) is 25.1 Å². The van der Waals surface area contributed by atoms with Gasteiger partial charge in [-0.2, -0.15) is 0 Å². The van der Waals surface area contributed by atoms with Crippen LogP contribution >= 0.6 is 15.9 Å². The number of hydrogen-bond acceptors (Lipinski definition) is 3. The van der Waals surface area contributed by atoms with Crippen LogP contribution in [-0.2, 0) is 4.74 Å². The fourth-order valence-corrected chi connectivity index (χ4v) is 2.18. The predicted molar refractivity (Wildman–Crippen MR) is 67.0 cm³/mol. The molecule has 1 heterocycles. The number of methoxy groups -OCH3 is 1. The lowest BCUT2D eigenvalue weighted by atomic mass is 10.1. The first-order chi connectivity index (χ1) is 7.63. The van der Waals surface area contributed by atoms with E-state index in [1.54, 1.807) is 4.90 Å². The Labute approximate surface area is 103 Å². The monoisotopic (exact) mass is 284 g/mol. The van der Waals surface area contributed by atoms with Gasteiger partial charge >= 0.3 is 6.09 Å². The normalized spacial score (nSPS) is 18.7. The van der Waals surface area contributed by atoms with E-state index in [2.05, 4.69) is 21.2 Å². The summed E-state index contributed by atoms with van der Waals surface area (Å²) < 4.78 is 5.78. The second-order valence-electron chi connectivity index (χ2n) is 3.73. The molecule has 0 radical (unpaired) electrons. The second kappa shape index (κ2) is 4.33. The van der Waals surface area contributed by atoms with E-state index in [9.17, 15) is 4.79 Å². The summed E-state index contributed by atoms with van der Waals surface area (Å²) in [5.41, 5.74) is 1.80. The lowest BCUT2D eigenvalue weighted by Crippen LogP contribution is -2.45. The molecule has 2 rings (SSSR count). The summed E-state index contributed by atoms with van der Waals surface area (Å²) in [5.74, 6) is 0. The summed E-state index contributed by atoms with van der Waals surface area (Å²) >= 11 is 3.40. The van der Waals surface area contributed by atoms with E-state index in [0.717, 1.165) is 22.4 Å². The molecule has 0 bridgehead atoms. The maximum atomic E-state index is 11.7. The van der Waals surface area contributed by atoms with E-state index in [1.165, 1.54) is 7.11 Å². The average Bonchev–Trinajstić information content (AvgIpc) is 2.28. The van der Waals surface area contributed by atoms with Crippen molar-refractivity contribution >= 4 is 33.4 Å². The van der Waals surface area contributed by atoms with Crippen molar-refractivity contribution < 1.29 is 9.53 Å². The molecule has 1 aliphatic rings. The average molecular weight is 285 g/mol. The minimum atomic E-state index is -0.322. The van der Waals surface area contributed by atoms with Gasteiger partial charge in [0.25, 0.3) is 0 Å². The van der Waals surface area contributed by atoms with Gasteiger partial charge in [-0.25, -0.2) is 4.79 Å². The van der Waals surface area contributed by atoms with E-state index in [0.29, 0.717) is 0 Å². The van der Waals surface area contributed by atoms with Gasteiger partial charge in [0.2, 0.25) is 0 Å². The van der Waals surface area contributed by atoms with Crippen molar-refractivity contribution in [1.82, 2.24) is 0 Å². The number of nitrogens with zero attached hydrogens (tertiary/aromatic N) is 1. The molecule has 0 aromatic heterocycles. The highest BCUT2D eigenvalue weighted by molar-refractivity contribution is 9.10. The van der Waals surface area contributed by atoms with Gasteiger partial charge in [-0.1, -0.05) is 15.9 Å². The summed E-state index contributed by atoms with van der Waals surface area (Å²) in [4.78, 5) is 13.4. The Hall–Kier alpha value is -1.23. The van der Waals surface area contributed by atoms with Crippen molar-refractivity contribution in [2.75, 3.05) is 23.9 Å². The number of ether oxygens (including phenoxy) is 1. The molecule has 0 aliphatic carbocycles. The third-order valence-corrected chi connectivity index (χ3v) is 3.11. The van der Waals surface area contributed by atoms with Crippen LogP contribution in [0.15, 0.2) is 22.7 Å². The van der Waals surface area contributed by atoms with Gasteiger partial charge < -0.3 is 10.1 Å². The fourth-order valence-electron chi connectivity index (χ4n) is 1.82. The number of nitrogens with one attached hydrogen (secondary N) is 1. The first-order valence-corrected chi connectivity index (χ1v) is 5.83. The SMILES string of the molecule is COC(=O)N1c2ccc(Br)cc2NCC1C. The van der Waals surface area contributed by atoms with Crippen LogP contribution in [0.3, 0.4) is 0 Å². The number of carbonyl (C=O) groups excluding carboxylic acids is 1. The Bertz CT molecular complexity index is 422. The number of hydrogen-bond donors (Lipinski definition) is 1. The number of carbonyl (C=O) groups is 1. The minimum Gasteiger partial charge on any atom is -0.452 e. The quantitative estimate of drug-likeness (QED) is 0.797. The smallest absolute Gasteiger partial charge is 0.414 e. The topological polar surface area (TPSA) is 41.6 Å². The molecule has 0 spiro atoms. The van der Waals surface area contributed by atoms with Crippen molar-refractivity contribution in [1.29, 1.82) is 0 Å². The number of fused-ring (bicyclic) bond motifs is 1. The molecule has 1 aliphatic heterocycles. The van der Waals surface area contributed by atoms with Crippen LogP contribution in [-0.4, -0.2) is 25.8 Å². The van der Waals surface area contributed by atoms with E-state index >= 15 is 0 Å². The Morgan fingerprint density at radius 3 is 3.06 bits per heavy atom. The van der Waals surface area contributed by atoms with Crippen LogP contribution in [0.1, 0.15) is 6.92 Å². The third-order valence-electron chi connectivity index (χ3n) is 2.62. The second-order valence-corrected chi connectivity index (χ2v) is 4.65. The van der Waals surface area contributed by atoms with E-state index in [4.69, 9.17) is 4.74 Å². The minimum absolute atomic E-state index is 0.0844. The number of halogens is 1. The van der Waals surface area contributed by atoms with Gasteiger partial charge in [-0.3, -0.25) is 4.90 Å². The maximum Gasteiger partial charge on any atom is 0.414 e. The van der Waals surface area contributed by atoms with Gasteiger partial charge in [-0.15, -0.1) is 0 Å². The Balaban J connectivity index is 2.44. The molecule has 1 aromatic carbocycles. The summed E-state index contributed by atoms with van der Waals surface area (Å²) in [6.07, 6.45) is -0.322. The van der Waals surface area contributed by atoms with Gasteiger partial charge in [0, 0.05) is 11.0 Å². The van der Waals surface area contributed by atoms with Gasteiger partial charge in [0.1, 0.15) is 0 Å². The molecule has 1 aromatic rings. The molecule has 16 heavy (non-hydrogen) atoms. The van der Waals surface area contributed by atoms with E-state index < -0.39 is 0 Å². The Morgan fingerprint density at radius 2 is 2.38 bits per heavy atom. The fraction of sp³-hybridized carbons (Fsp3) is 0.364. The van der Waals surface area contributed by atoms with Gasteiger partial charge in [0.15, 0.2) is 0 Å². The maximum absolute atomic E-state index is 11.7. The van der Waals surface area contributed by atoms with Crippen molar-refractivity contribution in [3.05, 3.63) is 22.7 Å². The predicted octanol–water partition coefficient (Wildman–Crippen LogP) is 2.84. The van der Waals surface area contributed by atoms with Crippen LogP contribution in [0, 0.1) is 0 Å². The molecule has 1 amide bonds.